The molecule has 0 saturated carbocycles. The molecule has 0 unspecified atom stereocenters. The highest BCUT2D eigenvalue weighted by Crippen LogP contribution is 2.23. The van der Waals surface area contributed by atoms with Crippen LogP contribution in [0.4, 0.5) is 0 Å². The Balaban J connectivity index is 2.00. The van der Waals surface area contributed by atoms with Crippen LogP contribution in [0.5, 0.6) is 0 Å². The number of rotatable bonds is 2. The predicted molar refractivity (Wildman–Crippen MR) is 80.9 cm³/mol. The van der Waals surface area contributed by atoms with Crippen molar-refractivity contribution in [2.45, 2.75) is 45.7 Å². The lowest BCUT2D eigenvalue weighted by Crippen LogP contribution is -2.36. The van der Waals surface area contributed by atoms with E-state index < -0.39 is 0 Å². The van der Waals surface area contributed by atoms with Crippen LogP contribution in [0.15, 0.2) is 33.5 Å². The Hall–Kier alpha value is -1.61. The van der Waals surface area contributed by atoms with Gasteiger partial charge in [0.25, 0.3) is 0 Å². The molecule has 20 heavy (non-hydrogen) atoms. The topological polar surface area (TPSA) is 33.5 Å². The van der Waals surface area contributed by atoms with Gasteiger partial charge in [-0.2, -0.15) is 0 Å². The summed E-state index contributed by atoms with van der Waals surface area (Å²) in [4.78, 5) is 14.2. The maximum absolute atomic E-state index is 11.8. The summed E-state index contributed by atoms with van der Waals surface area (Å²) in [5.74, 6) is 0. The Morgan fingerprint density at radius 3 is 2.95 bits per heavy atom. The van der Waals surface area contributed by atoms with Crippen molar-refractivity contribution in [1.29, 1.82) is 0 Å². The lowest BCUT2D eigenvalue weighted by atomic mass is 10.0. The molecule has 1 aliphatic rings. The zero-order chi connectivity index (χ0) is 14.1. The SMILES string of the molecule is Cc1ccc2c(CN3CCCC[C@@H]3C)cc(=O)oc2c1. The largest absolute Gasteiger partial charge is 0.423 e. The van der Waals surface area contributed by atoms with Crippen molar-refractivity contribution < 1.29 is 4.42 Å². The van der Waals surface area contributed by atoms with Crippen LogP contribution in [0.3, 0.4) is 0 Å². The minimum atomic E-state index is -0.247. The lowest BCUT2D eigenvalue weighted by Gasteiger charge is -2.33. The Bertz CT molecular complexity index is 674. The normalized spacial score (nSPS) is 20.4. The molecule has 3 heteroatoms. The van der Waals surface area contributed by atoms with E-state index in [1.165, 1.54) is 19.3 Å². The summed E-state index contributed by atoms with van der Waals surface area (Å²) in [6.07, 6.45) is 3.82. The molecule has 106 valence electrons. The number of piperidine rings is 1. The maximum Gasteiger partial charge on any atom is 0.336 e. The first kappa shape index (κ1) is 13.4. The number of aryl methyl sites for hydroxylation is 1. The van der Waals surface area contributed by atoms with Gasteiger partial charge in [0.15, 0.2) is 0 Å². The molecule has 1 atom stereocenters. The fraction of sp³-hybridized carbons (Fsp3) is 0.471. The third kappa shape index (κ3) is 2.63. The summed E-state index contributed by atoms with van der Waals surface area (Å²) < 4.78 is 5.33. The average Bonchev–Trinajstić information content (AvgIpc) is 2.40. The predicted octanol–water partition coefficient (Wildman–Crippen LogP) is 3.48. The average molecular weight is 271 g/mol. The molecular formula is C17H21NO2. The smallest absolute Gasteiger partial charge is 0.336 e. The first-order valence-electron chi connectivity index (χ1n) is 7.41. The van der Waals surface area contributed by atoms with Gasteiger partial charge in [0.1, 0.15) is 5.58 Å². The van der Waals surface area contributed by atoms with Crippen LogP contribution in [0.1, 0.15) is 37.3 Å². The summed E-state index contributed by atoms with van der Waals surface area (Å²) >= 11 is 0. The molecule has 0 aliphatic carbocycles. The Kier molecular flexibility index (Phi) is 3.62. The van der Waals surface area contributed by atoms with Gasteiger partial charge in [0.2, 0.25) is 0 Å². The summed E-state index contributed by atoms with van der Waals surface area (Å²) in [6.45, 7) is 6.25. The van der Waals surface area contributed by atoms with Crippen molar-refractivity contribution >= 4 is 11.0 Å². The number of hydrogen-bond acceptors (Lipinski definition) is 3. The van der Waals surface area contributed by atoms with E-state index in [1.54, 1.807) is 6.07 Å². The number of fused-ring (bicyclic) bond motifs is 1. The summed E-state index contributed by atoms with van der Waals surface area (Å²) in [5.41, 5.74) is 2.66. The number of hydrogen-bond donors (Lipinski definition) is 0. The van der Waals surface area contributed by atoms with Crippen LogP contribution in [0.2, 0.25) is 0 Å². The van der Waals surface area contributed by atoms with Gasteiger partial charge in [-0.25, -0.2) is 4.79 Å². The van der Waals surface area contributed by atoms with Crippen molar-refractivity contribution in [1.82, 2.24) is 4.90 Å². The van der Waals surface area contributed by atoms with E-state index in [2.05, 4.69) is 24.0 Å². The van der Waals surface area contributed by atoms with E-state index in [0.29, 0.717) is 11.6 Å². The van der Waals surface area contributed by atoms with Crippen molar-refractivity contribution in [3.63, 3.8) is 0 Å². The van der Waals surface area contributed by atoms with Crippen LogP contribution in [-0.2, 0) is 6.54 Å². The van der Waals surface area contributed by atoms with Gasteiger partial charge in [-0.15, -0.1) is 0 Å². The highest BCUT2D eigenvalue weighted by Gasteiger charge is 2.19. The van der Waals surface area contributed by atoms with Crippen LogP contribution >= 0.6 is 0 Å². The van der Waals surface area contributed by atoms with E-state index in [4.69, 9.17) is 4.42 Å². The van der Waals surface area contributed by atoms with Gasteiger partial charge in [0.05, 0.1) is 0 Å². The number of benzene rings is 1. The van der Waals surface area contributed by atoms with Crippen molar-refractivity contribution in [2.24, 2.45) is 0 Å². The van der Waals surface area contributed by atoms with Crippen molar-refractivity contribution in [2.75, 3.05) is 6.54 Å². The third-order valence-corrected chi connectivity index (χ3v) is 4.30. The molecule has 0 amide bonds. The van der Waals surface area contributed by atoms with Gasteiger partial charge in [-0.05, 0) is 50.4 Å². The van der Waals surface area contributed by atoms with Crippen LogP contribution < -0.4 is 5.63 Å². The fourth-order valence-electron chi connectivity index (χ4n) is 3.08. The van der Waals surface area contributed by atoms with E-state index in [1.807, 2.05) is 13.0 Å². The molecule has 0 spiro atoms. The summed E-state index contributed by atoms with van der Waals surface area (Å²) in [7, 11) is 0. The Morgan fingerprint density at radius 1 is 1.30 bits per heavy atom. The standard InChI is InChI=1S/C17H21NO2/c1-12-6-7-15-14(10-17(19)20-16(15)9-12)11-18-8-4-3-5-13(18)2/h6-7,9-10,13H,3-5,8,11H2,1-2H3/t13-/m0/s1. The second kappa shape index (κ2) is 5.41. The molecule has 0 N–H and O–H groups in total. The van der Waals surface area contributed by atoms with Crippen molar-refractivity contribution in [3.05, 3.63) is 45.8 Å². The zero-order valence-electron chi connectivity index (χ0n) is 12.2. The first-order chi connectivity index (χ1) is 9.63. The van der Waals surface area contributed by atoms with E-state index in [9.17, 15) is 4.79 Å². The van der Waals surface area contributed by atoms with Crippen LogP contribution in [-0.4, -0.2) is 17.5 Å². The van der Waals surface area contributed by atoms with Gasteiger partial charge >= 0.3 is 5.63 Å². The second-order valence-electron chi connectivity index (χ2n) is 5.91. The molecule has 2 heterocycles. The molecule has 1 saturated heterocycles. The van der Waals surface area contributed by atoms with Gasteiger partial charge in [0, 0.05) is 24.0 Å². The van der Waals surface area contributed by atoms with Gasteiger partial charge in [-0.1, -0.05) is 18.6 Å². The van der Waals surface area contributed by atoms with Gasteiger partial charge in [-0.3, -0.25) is 4.90 Å². The second-order valence-corrected chi connectivity index (χ2v) is 5.91. The fourth-order valence-corrected chi connectivity index (χ4v) is 3.08. The van der Waals surface area contributed by atoms with E-state index in [-0.39, 0.29) is 5.63 Å². The lowest BCUT2D eigenvalue weighted by molar-refractivity contribution is 0.153. The molecule has 0 radical (unpaired) electrons. The monoisotopic (exact) mass is 271 g/mol. The zero-order valence-corrected chi connectivity index (χ0v) is 12.2. The molecular weight excluding hydrogens is 250 g/mol. The highest BCUT2D eigenvalue weighted by atomic mass is 16.4. The molecule has 1 aromatic heterocycles. The number of nitrogens with zero attached hydrogens (tertiary/aromatic N) is 1. The third-order valence-electron chi connectivity index (χ3n) is 4.30. The first-order valence-corrected chi connectivity index (χ1v) is 7.41. The quantitative estimate of drug-likeness (QED) is 0.784. The molecule has 3 nitrogen and oxygen atoms in total. The highest BCUT2D eigenvalue weighted by molar-refractivity contribution is 5.80. The molecule has 0 bridgehead atoms. The Labute approximate surface area is 119 Å². The molecule has 1 fully saturated rings. The molecule has 1 aliphatic heterocycles. The van der Waals surface area contributed by atoms with Crippen LogP contribution in [0.25, 0.3) is 11.0 Å². The number of likely N-dealkylation sites (tertiary alicyclic amines) is 1. The minimum absolute atomic E-state index is 0.247. The maximum atomic E-state index is 11.8. The summed E-state index contributed by atoms with van der Waals surface area (Å²) in [6, 6.07) is 8.33. The van der Waals surface area contributed by atoms with Gasteiger partial charge < -0.3 is 4.42 Å². The van der Waals surface area contributed by atoms with E-state index >= 15 is 0 Å². The molecule has 1 aromatic carbocycles. The van der Waals surface area contributed by atoms with E-state index in [0.717, 1.165) is 29.6 Å². The minimum Gasteiger partial charge on any atom is -0.423 e. The summed E-state index contributed by atoms with van der Waals surface area (Å²) in [5, 5.41) is 1.06. The molecule has 2 aromatic rings. The van der Waals surface area contributed by atoms with Crippen LogP contribution in [0, 0.1) is 6.92 Å². The Morgan fingerprint density at radius 2 is 2.15 bits per heavy atom. The molecule has 3 rings (SSSR count). The van der Waals surface area contributed by atoms with Crippen molar-refractivity contribution in [3.8, 4) is 0 Å².